The summed E-state index contributed by atoms with van der Waals surface area (Å²) < 4.78 is 18.0. The molecule has 0 aromatic heterocycles. The Labute approximate surface area is 147 Å². The molecule has 25 heavy (non-hydrogen) atoms. The molecule has 1 aromatic carbocycles. The maximum Gasteiger partial charge on any atom is 0.409 e. The smallest absolute Gasteiger partial charge is 0.409 e. The van der Waals surface area contributed by atoms with Gasteiger partial charge in [0.2, 0.25) is 5.91 Å². The molecule has 1 aliphatic heterocycles. The lowest BCUT2D eigenvalue weighted by atomic mass is 10.1. The van der Waals surface area contributed by atoms with Gasteiger partial charge in [0.15, 0.2) is 0 Å². The summed E-state index contributed by atoms with van der Waals surface area (Å²) in [6, 6.07) is 6.18. The maximum absolute atomic E-state index is 13.0. The van der Waals surface area contributed by atoms with E-state index < -0.39 is 0 Å². The van der Waals surface area contributed by atoms with E-state index in [1.807, 2.05) is 11.8 Å². The van der Waals surface area contributed by atoms with Gasteiger partial charge in [-0.15, -0.1) is 0 Å². The Hall–Kier alpha value is -2.31. The van der Waals surface area contributed by atoms with E-state index in [4.69, 9.17) is 4.74 Å². The molecule has 0 saturated carbocycles. The third-order valence-corrected chi connectivity index (χ3v) is 4.29. The lowest BCUT2D eigenvalue weighted by Crippen LogP contribution is -2.48. The van der Waals surface area contributed by atoms with E-state index in [-0.39, 0.29) is 30.4 Å². The lowest BCUT2D eigenvalue weighted by molar-refractivity contribution is -0.120. The van der Waals surface area contributed by atoms with Crippen LogP contribution < -0.4 is 10.2 Å². The summed E-state index contributed by atoms with van der Waals surface area (Å²) in [5, 5.41) is 3.02. The Bertz CT molecular complexity index is 571. The molecule has 0 unspecified atom stereocenters. The normalized spacial score (nSPS) is 14.9. The number of likely N-dealkylation sites (N-methyl/N-ethyl adjacent to an activating group) is 1. The molecule has 0 aliphatic carbocycles. The molecule has 7 heteroatoms. The number of rotatable bonds is 6. The van der Waals surface area contributed by atoms with Crippen LogP contribution in [-0.4, -0.2) is 55.7 Å². The number of ether oxygens (including phenoxy) is 1. The van der Waals surface area contributed by atoms with Crippen molar-refractivity contribution in [3.63, 3.8) is 0 Å². The van der Waals surface area contributed by atoms with Crippen molar-refractivity contribution in [2.24, 2.45) is 0 Å². The van der Waals surface area contributed by atoms with E-state index in [9.17, 15) is 14.0 Å². The van der Waals surface area contributed by atoms with E-state index in [0.29, 0.717) is 39.1 Å². The molecule has 1 aliphatic rings. The second kappa shape index (κ2) is 9.25. The van der Waals surface area contributed by atoms with Crippen molar-refractivity contribution in [2.45, 2.75) is 32.7 Å². The van der Waals surface area contributed by atoms with Crippen molar-refractivity contribution in [3.8, 4) is 0 Å². The summed E-state index contributed by atoms with van der Waals surface area (Å²) in [6.07, 6.45) is 1.14. The number of carbonyl (C=O) groups is 2. The van der Waals surface area contributed by atoms with Crippen LogP contribution in [0.1, 0.15) is 26.7 Å². The van der Waals surface area contributed by atoms with Gasteiger partial charge >= 0.3 is 6.09 Å². The van der Waals surface area contributed by atoms with Crippen LogP contribution in [-0.2, 0) is 9.53 Å². The largest absolute Gasteiger partial charge is 0.450 e. The van der Waals surface area contributed by atoms with Crippen LogP contribution in [0.5, 0.6) is 0 Å². The van der Waals surface area contributed by atoms with E-state index in [0.717, 1.165) is 5.69 Å². The van der Waals surface area contributed by atoms with Crippen LogP contribution in [0.3, 0.4) is 0 Å². The summed E-state index contributed by atoms with van der Waals surface area (Å²) in [6.45, 7) is 6.14. The van der Waals surface area contributed by atoms with E-state index in [1.165, 1.54) is 12.1 Å². The predicted octanol–water partition coefficient (Wildman–Crippen LogP) is 2.39. The van der Waals surface area contributed by atoms with Gasteiger partial charge in [-0.3, -0.25) is 4.79 Å². The molecule has 138 valence electrons. The molecule has 1 fully saturated rings. The monoisotopic (exact) mass is 351 g/mol. The second-order valence-electron chi connectivity index (χ2n) is 6.02. The fourth-order valence-corrected chi connectivity index (χ4v) is 2.91. The maximum atomic E-state index is 13.0. The molecule has 1 heterocycles. The highest BCUT2D eigenvalue weighted by Gasteiger charge is 2.24. The molecule has 2 rings (SSSR count). The summed E-state index contributed by atoms with van der Waals surface area (Å²) in [4.78, 5) is 27.5. The van der Waals surface area contributed by atoms with Crippen molar-refractivity contribution in [1.82, 2.24) is 10.2 Å². The van der Waals surface area contributed by atoms with Crippen LogP contribution in [0.4, 0.5) is 14.9 Å². The Kier molecular flexibility index (Phi) is 7.03. The highest BCUT2D eigenvalue weighted by molar-refractivity contribution is 5.81. The predicted molar refractivity (Wildman–Crippen MR) is 94.0 cm³/mol. The summed E-state index contributed by atoms with van der Waals surface area (Å²) in [7, 11) is 0. The minimum atomic E-state index is -0.294. The van der Waals surface area contributed by atoms with Gasteiger partial charge in [-0.25, -0.2) is 9.18 Å². The Morgan fingerprint density at radius 3 is 2.44 bits per heavy atom. The molecule has 0 bridgehead atoms. The van der Waals surface area contributed by atoms with Crippen molar-refractivity contribution >= 4 is 17.7 Å². The molecule has 1 N–H and O–H groups in total. The van der Waals surface area contributed by atoms with Gasteiger partial charge in [-0.2, -0.15) is 0 Å². The zero-order valence-electron chi connectivity index (χ0n) is 14.8. The van der Waals surface area contributed by atoms with E-state index in [2.05, 4.69) is 5.32 Å². The van der Waals surface area contributed by atoms with Gasteiger partial charge in [0.1, 0.15) is 5.82 Å². The van der Waals surface area contributed by atoms with Gasteiger partial charge in [-0.1, -0.05) is 0 Å². The van der Waals surface area contributed by atoms with Gasteiger partial charge in [0, 0.05) is 31.4 Å². The van der Waals surface area contributed by atoms with Crippen molar-refractivity contribution in [3.05, 3.63) is 30.1 Å². The first-order valence-corrected chi connectivity index (χ1v) is 8.75. The highest BCUT2D eigenvalue weighted by Crippen LogP contribution is 2.15. The highest BCUT2D eigenvalue weighted by atomic mass is 19.1. The second-order valence-corrected chi connectivity index (χ2v) is 6.02. The number of amides is 2. The summed E-state index contributed by atoms with van der Waals surface area (Å²) in [5.41, 5.74) is 0.816. The quantitative estimate of drug-likeness (QED) is 0.855. The van der Waals surface area contributed by atoms with Crippen molar-refractivity contribution in [2.75, 3.05) is 37.7 Å². The minimum Gasteiger partial charge on any atom is -0.450 e. The Balaban J connectivity index is 1.80. The molecule has 0 atom stereocenters. The SMILES string of the molecule is CCOC(=O)N1CCC(NC(=O)CN(CC)c2ccc(F)cc2)CC1. The van der Waals surface area contributed by atoms with Gasteiger partial charge in [0.25, 0.3) is 0 Å². The average Bonchev–Trinajstić information content (AvgIpc) is 2.61. The van der Waals surface area contributed by atoms with E-state index >= 15 is 0 Å². The molecule has 1 aromatic rings. The molecule has 0 radical (unpaired) electrons. The Morgan fingerprint density at radius 1 is 1.24 bits per heavy atom. The van der Waals surface area contributed by atoms with Crippen LogP contribution in [0, 0.1) is 5.82 Å². The number of carbonyl (C=O) groups excluding carboxylic acids is 2. The third-order valence-electron chi connectivity index (χ3n) is 4.29. The topological polar surface area (TPSA) is 61.9 Å². The molecular formula is C18H26FN3O3. The number of hydrogen-bond acceptors (Lipinski definition) is 4. The number of likely N-dealkylation sites (tertiary alicyclic amines) is 1. The first-order chi connectivity index (χ1) is 12.0. The fraction of sp³-hybridized carbons (Fsp3) is 0.556. The zero-order valence-corrected chi connectivity index (χ0v) is 14.8. The summed E-state index contributed by atoms with van der Waals surface area (Å²) in [5.74, 6) is -0.363. The van der Waals surface area contributed by atoms with Crippen molar-refractivity contribution < 1.29 is 18.7 Å². The molecule has 1 saturated heterocycles. The van der Waals surface area contributed by atoms with E-state index in [1.54, 1.807) is 24.0 Å². The average molecular weight is 351 g/mol. The molecule has 0 spiro atoms. The van der Waals surface area contributed by atoms with Crippen LogP contribution in [0.15, 0.2) is 24.3 Å². The molecular weight excluding hydrogens is 325 g/mol. The number of nitrogens with one attached hydrogen (secondary N) is 1. The molecule has 6 nitrogen and oxygen atoms in total. The number of anilines is 1. The fourth-order valence-electron chi connectivity index (χ4n) is 2.91. The van der Waals surface area contributed by atoms with Crippen LogP contribution >= 0.6 is 0 Å². The first-order valence-electron chi connectivity index (χ1n) is 8.75. The lowest BCUT2D eigenvalue weighted by Gasteiger charge is -2.32. The number of nitrogens with zero attached hydrogens (tertiary/aromatic N) is 2. The third kappa shape index (κ3) is 5.62. The van der Waals surface area contributed by atoms with Crippen molar-refractivity contribution in [1.29, 1.82) is 0 Å². The standard InChI is InChI=1S/C18H26FN3O3/c1-3-21(16-7-5-14(19)6-8-16)13-17(23)20-15-9-11-22(12-10-15)18(24)25-4-2/h5-8,15H,3-4,9-13H2,1-2H3,(H,20,23). The van der Waals surface area contributed by atoms with Crippen LogP contribution in [0.25, 0.3) is 0 Å². The zero-order chi connectivity index (χ0) is 18.2. The number of halogens is 1. The minimum absolute atomic E-state index is 0.0603. The first kappa shape index (κ1) is 19.0. The van der Waals surface area contributed by atoms with Gasteiger partial charge in [0.05, 0.1) is 13.2 Å². The number of benzene rings is 1. The molecule has 2 amide bonds. The number of hydrogen-bond donors (Lipinski definition) is 1. The van der Waals surface area contributed by atoms with Crippen LogP contribution in [0.2, 0.25) is 0 Å². The van der Waals surface area contributed by atoms with Gasteiger partial charge in [-0.05, 0) is 51.0 Å². The Morgan fingerprint density at radius 2 is 1.88 bits per heavy atom. The van der Waals surface area contributed by atoms with Gasteiger partial charge < -0.3 is 19.9 Å². The number of piperidine rings is 1. The summed E-state index contributed by atoms with van der Waals surface area (Å²) >= 11 is 0.